The Balaban J connectivity index is 0.000000227. The van der Waals surface area contributed by atoms with Crippen molar-refractivity contribution in [3.05, 3.63) is 272 Å². The second-order valence-electron chi connectivity index (χ2n) is 16.1. The second-order valence-corrected chi connectivity index (χ2v) is 17.8. The average molecular weight is 1240 g/mol. The molecule has 2 atom stereocenters. The standard InChI is InChI=1S/C27H22N2S.C14H13NS.C13H11NS.C4H8O.C4H9.I2.Li/c1-5-13-21(14-6-1)25-27(30-26(28-25)22-15-7-2-8-16-22)29(23-17-9-3-10-18-23)24-19-11-4-12-20-24;16-14(13-9-5-2-6-10-13)15-11-12-7-3-1-4-8-12;15-11-14(12-7-3-1-4-8-12)13-9-5-2-6-10-13;1-2-4-5-3-1;1-3-4-2;1-2;/h1-20,25,27H;1-10H,11H2,(H,15,16);1-11H;1-4H2;1,3-4H2,2H3;;/q;;;;-1;;+1. The Kier molecular flexibility index (Phi) is 31.0. The molecule has 5 nitrogen and oxygen atoms in total. The number of nitrogens with zero attached hydrogens (tertiary/aromatic N) is 3. The van der Waals surface area contributed by atoms with Crippen LogP contribution in [0.5, 0.6) is 0 Å². The van der Waals surface area contributed by atoms with Gasteiger partial charge in [-0.2, -0.15) is 6.42 Å². The maximum Gasteiger partial charge on any atom is 1.00 e. The van der Waals surface area contributed by atoms with Crippen LogP contribution >= 0.6 is 73.4 Å². The van der Waals surface area contributed by atoms with E-state index >= 15 is 0 Å². The number of hydrogen-bond donors (Lipinski definition) is 1. The van der Waals surface area contributed by atoms with Crippen molar-refractivity contribution in [1.82, 2.24) is 5.32 Å². The van der Waals surface area contributed by atoms with E-state index in [0.717, 1.165) is 53.1 Å². The van der Waals surface area contributed by atoms with Gasteiger partial charge < -0.3 is 26.8 Å². The van der Waals surface area contributed by atoms with Crippen LogP contribution in [0.2, 0.25) is 0 Å². The molecular weight excluding hydrogens is 1170 g/mol. The van der Waals surface area contributed by atoms with E-state index in [0.29, 0.717) is 0 Å². The van der Waals surface area contributed by atoms with Crippen molar-refractivity contribution in [1.29, 1.82) is 0 Å². The van der Waals surface area contributed by atoms with Gasteiger partial charge in [0.1, 0.15) is 21.4 Å². The molecule has 8 aromatic carbocycles. The molecule has 0 aliphatic carbocycles. The second kappa shape index (κ2) is 37.2. The number of thioether (sulfide) groups is 1. The summed E-state index contributed by atoms with van der Waals surface area (Å²) in [7, 11) is 0. The molecule has 370 valence electrons. The van der Waals surface area contributed by atoms with Crippen LogP contribution in [0.25, 0.3) is 0 Å². The number of ether oxygens (including phenoxy) is 1. The summed E-state index contributed by atoms with van der Waals surface area (Å²) in [4.78, 5) is 10.4. The van der Waals surface area contributed by atoms with Gasteiger partial charge in [0.05, 0.1) is 5.49 Å². The Bertz CT molecular complexity index is 2590. The molecular formula is C62H63I2LiN4OS3. The molecule has 0 amide bonds. The molecule has 11 heteroatoms. The van der Waals surface area contributed by atoms with Gasteiger partial charge in [0.15, 0.2) is 0 Å². The quantitative estimate of drug-likeness (QED) is 0.0566. The maximum absolute atomic E-state index is 5.31. The molecule has 0 bridgehead atoms. The number of aliphatic imine (C=N–C) groups is 1. The van der Waals surface area contributed by atoms with Gasteiger partial charge in [-0.1, -0.05) is 244 Å². The normalized spacial score (nSPS) is 13.7. The first-order chi connectivity index (χ1) is 35.6. The first-order valence-electron chi connectivity index (χ1n) is 24.1. The Morgan fingerprint density at radius 1 is 0.616 bits per heavy atom. The Morgan fingerprint density at radius 3 is 1.40 bits per heavy atom. The van der Waals surface area contributed by atoms with E-state index in [2.05, 4.69) is 195 Å². The first kappa shape index (κ1) is 60.9. The van der Waals surface area contributed by atoms with Crippen LogP contribution in [0, 0.1) is 6.92 Å². The van der Waals surface area contributed by atoms with Crippen LogP contribution in [0.15, 0.2) is 248 Å². The third-order valence-corrected chi connectivity index (χ3v) is 12.8. The van der Waals surface area contributed by atoms with E-state index in [-0.39, 0.29) is 30.3 Å². The summed E-state index contributed by atoms with van der Waals surface area (Å²) in [5.74, 6) is 0. The van der Waals surface area contributed by atoms with Crippen molar-refractivity contribution in [3.63, 3.8) is 0 Å². The minimum Gasteiger partial charge on any atom is -0.381 e. The third-order valence-electron chi connectivity index (χ3n) is 10.9. The van der Waals surface area contributed by atoms with Crippen LogP contribution < -0.4 is 34.0 Å². The number of unbranched alkanes of at least 4 members (excludes halogenated alkanes) is 1. The minimum atomic E-state index is 0. The fourth-order valence-corrected chi connectivity index (χ4v) is 9.08. The molecule has 0 saturated carbocycles. The van der Waals surface area contributed by atoms with Gasteiger partial charge in [-0.15, -0.1) is 0 Å². The number of hydrogen-bond acceptors (Lipinski definition) is 6. The zero-order valence-corrected chi connectivity index (χ0v) is 48.5. The van der Waals surface area contributed by atoms with Gasteiger partial charge in [0.2, 0.25) is 0 Å². The Morgan fingerprint density at radius 2 is 1.00 bits per heavy atom. The predicted octanol–water partition coefficient (Wildman–Crippen LogP) is 15.2. The van der Waals surface area contributed by atoms with Crippen molar-refractivity contribution < 1.29 is 23.6 Å². The molecule has 2 aliphatic rings. The van der Waals surface area contributed by atoms with E-state index in [1.54, 1.807) is 5.49 Å². The molecule has 1 N–H and O–H groups in total. The molecule has 2 unspecified atom stereocenters. The topological polar surface area (TPSA) is 40.1 Å². The summed E-state index contributed by atoms with van der Waals surface area (Å²) in [5.41, 5.74) is 10.9. The molecule has 10 rings (SSSR count). The maximum atomic E-state index is 5.31. The SMILES string of the molecule is C1CCOC1.II.S=C(NCc1ccccc1)c1ccccc1.S=CN(c1ccccc1)c1ccccc1.[CH2-]CCC.[Li+].c1ccc(C2=NC(c3ccccc3)C(N(c3ccccc3)c3ccccc3)S2)cc1. The molecule has 2 aliphatic heterocycles. The number of para-hydroxylation sites is 4. The molecule has 0 spiro atoms. The van der Waals surface area contributed by atoms with Gasteiger partial charge >= 0.3 is 18.9 Å². The number of nitrogens with one attached hydrogen (secondary N) is 1. The monoisotopic (exact) mass is 1240 g/mol. The van der Waals surface area contributed by atoms with Crippen molar-refractivity contribution >= 4 is 112 Å². The van der Waals surface area contributed by atoms with Crippen LogP contribution in [0.4, 0.5) is 22.7 Å². The smallest absolute Gasteiger partial charge is 0.381 e. The van der Waals surface area contributed by atoms with Crippen LogP contribution in [-0.2, 0) is 11.3 Å². The van der Waals surface area contributed by atoms with Crippen molar-refractivity contribution in [2.75, 3.05) is 23.0 Å². The number of benzene rings is 8. The Hall–Kier alpha value is -4.62. The molecule has 8 aromatic rings. The summed E-state index contributed by atoms with van der Waals surface area (Å²) >= 11 is 16.4. The van der Waals surface area contributed by atoms with Crippen LogP contribution in [0.1, 0.15) is 60.9 Å². The fraction of sp³-hybridized carbons (Fsp3) is 0.161. The number of thiocarbonyl (C=S) groups is 2. The molecule has 1 fully saturated rings. The van der Waals surface area contributed by atoms with E-state index in [9.17, 15) is 0 Å². The summed E-state index contributed by atoms with van der Waals surface area (Å²) in [6.07, 6.45) is 4.83. The number of halogens is 2. The molecule has 1 saturated heterocycles. The van der Waals surface area contributed by atoms with Gasteiger partial charge in [-0.3, -0.25) is 4.99 Å². The predicted molar refractivity (Wildman–Crippen MR) is 337 cm³/mol. The fourth-order valence-electron chi connectivity index (χ4n) is 7.25. The zero-order valence-electron chi connectivity index (χ0n) is 41.7. The van der Waals surface area contributed by atoms with E-state index in [1.807, 2.05) is 126 Å². The van der Waals surface area contributed by atoms with Crippen molar-refractivity contribution in [2.45, 2.75) is 50.6 Å². The largest absolute Gasteiger partial charge is 1.00 e. The van der Waals surface area contributed by atoms with Crippen LogP contribution in [-0.4, -0.2) is 34.1 Å². The zero-order chi connectivity index (χ0) is 50.9. The van der Waals surface area contributed by atoms with Gasteiger partial charge in [-0.25, -0.2) is 0 Å². The van der Waals surface area contributed by atoms with Gasteiger partial charge in [0, 0.05) is 90.9 Å². The van der Waals surface area contributed by atoms with Crippen LogP contribution in [0.3, 0.4) is 0 Å². The summed E-state index contributed by atoms with van der Waals surface area (Å²) < 4.78 is 4.94. The molecule has 0 aromatic heterocycles. The molecule has 2 heterocycles. The van der Waals surface area contributed by atoms with E-state index < -0.39 is 0 Å². The van der Waals surface area contributed by atoms with Gasteiger partial charge in [-0.05, 0) is 72.5 Å². The number of anilines is 4. The summed E-state index contributed by atoms with van der Waals surface area (Å²) in [6.45, 7) is 8.49. The van der Waals surface area contributed by atoms with Crippen molar-refractivity contribution in [3.8, 4) is 0 Å². The van der Waals surface area contributed by atoms with E-state index in [1.165, 1.54) is 47.3 Å². The number of rotatable bonds is 12. The summed E-state index contributed by atoms with van der Waals surface area (Å²) in [5, 5.41) is 4.45. The molecule has 0 radical (unpaired) electrons. The first-order valence-corrected chi connectivity index (χ1v) is 32.1. The minimum absolute atomic E-state index is 0. The van der Waals surface area contributed by atoms with Crippen molar-refractivity contribution in [2.24, 2.45) is 4.99 Å². The molecule has 73 heavy (non-hydrogen) atoms. The average Bonchev–Trinajstić information content (AvgIpc) is 4.22. The van der Waals surface area contributed by atoms with Gasteiger partial charge in [0.25, 0.3) is 0 Å². The van der Waals surface area contributed by atoms with E-state index in [4.69, 9.17) is 34.2 Å². The third kappa shape index (κ3) is 21.3. The summed E-state index contributed by atoms with van der Waals surface area (Å²) in [6, 6.07) is 82.8. The Labute approximate surface area is 486 Å².